The van der Waals surface area contributed by atoms with E-state index in [9.17, 15) is 18.0 Å². The molecule has 0 aromatic heterocycles. The molecule has 0 radical (unpaired) electrons. The van der Waals surface area contributed by atoms with Gasteiger partial charge in [0, 0.05) is 17.5 Å². The Balaban J connectivity index is 2.02. The highest BCUT2D eigenvalue weighted by molar-refractivity contribution is 7.98. The van der Waals surface area contributed by atoms with Crippen molar-refractivity contribution >= 4 is 39.3 Å². The zero-order valence-electron chi connectivity index (χ0n) is 24.2. The number of hydrogen-bond donors (Lipinski definition) is 1. The Hall–Kier alpha value is -3.50. The lowest BCUT2D eigenvalue weighted by molar-refractivity contribution is -0.139. The van der Waals surface area contributed by atoms with Crippen LogP contribution in [0.25, 0.3) is 0 Å². The van der Waals surface area contributed by atoms with Crippen molar-refractivity contribution in [3.05, 3.63) is 84.4 Å². The van der Waals surface area contributed by atoms with Crippen LogP contribution in [0.2, 0.25) is 0 Å². The molecule has 0 heterocycles. The summed E-state index contributed by atoms with van der Waals surface area (Å²) >= 11 is 1.51. The Labute approximate surface area is 248 Å². The molecule has 41 heavy (non-hydrogen) atoms. The molecule has 2 amide bonds. The van der Waals surface area contributed by atoms with Gasteiger partial charge in [-0.15, -0.1) is 11.8 Å². The van der Waals surface area contributed by atoms with Crippen LogP contribution >= 0.6 is 11.8 Å². The van der Waals surface area contributed by atoms with Crippen LogP contribution in [-0.2, 0) is 26.2 Å². The molecule has 1 N–H and O–H groups in total. The Morgan fingerprint density at radius 2 is 1.56 bits per heavy atom. The van der Waals surface area contributed by atoms with E-state index >= 15 is 0 Å². The second-order valence-electron chi connectivity index (χ2n) is 9.62. The van der Waals surface area contributed by atoms with Crippen molar-refractivity contribution in [2.45, 2.75) is 62.5 Å². The Kier molecular flexibility index (Phi) is 11.7. The van der Waals surface area contributed by atoms with Crippen LogP contribution < -0.4 is 14.4 Å². The lowest BCUT2D eigenvalue weighted by Crippen LogP contribution is -2.52. The first kappa shape index (κ1) is 32.0. The summed E-state index contributed by atoms with van der Waals surface area (Å²) in [5.74, 6) is -0.212. The molecule has 0 aliphatic rings. The van der Waals surface area contributed by atoms with Gasteiger partial charge in [0.2, 0.25) is 11.8 Å². The third-order valence-corrected chi connectivity index (χ3v) is 9.26. The van der Waals surface area contributed by atoms with Crippen LogP contribution in [0.1, 0.15) is 39.7 Å². The number of nitrogens with zero attached hydrogens (tertiary/aromatic N) is 2. The summed E-state index contributed by atoms with van der Waals surface area (Å²) in [6, 6.07) is 21.6. The molecule has 8 nitrogen and oxygen atoms in total. The molecule has 0 saturated heterocycles. The highest BCUT2D eigenvalue weighted by Gasteiger charge is 2.32. The van der Waals surface area contributed by atoms with Gasteiger partial charge in [0.25, 0.3) is 10.0 Å². The van der Waals surface area contributed by atoms with Gasteiger partial charge in [0.05, 0.1) is 17.2 Å². The maximum atomic E-state index is 14.0. The SMILES string of the molecule is CCOc1ccc(N(CC(=O)N(Cc2ccccc2)[C@@H](C)C(=O)N[C@@H](C)CC)S(=O)(=O)c2ccc(SC)cc2)cc1. The van der Waals surface area contributed by atoms with Crippen LogP contribution in [0.3, 0.4) is 0 Å². The van der Waals surface area contributed by atoms with Crippen molar-refractivity contribution in [3.63, 3.8) is 0 Å². The standard InChI is InChI=1S/C31H39N3O5S2/c1-6-23(3)32-31(36)24(4)33(21-25-11-9-8-10-12-25)30(35)22-34(26-13-15-27(16-14-26)39-7-2)41(37,38)29-19-17-28(40-5)18-20-29/h8-20,23-24H,6-7,21-22H2,1-5H3,(H,32,36)/t23-,24-/m0/s1. The zero-order valence-corrected chi connectivity index (χ0v) is 25.9. The second-order valence-corrected chi connectivity index (χ2v) is 12.4. The Bertz CT molecular complexity index is 1380. The van der Waals surface area contributed by atoms with Crippen molar-refractivity contribution in [1.29, 1.82) is 0 Å². The summed E-state index contributed by atoms with van der Waals surface area (Å²) in [4.78, 5) is 29.5. The molecule has 0 fully saturated rings. The fourth-order valence-corrected chi connectivity index (χ4v) is 5.93. The third kappa shape index (κ3) is 8.50. The van der Waals surface area contributed by atoms with E-state index in [0.717, 1.165) is 21.2 Å². The van der Waals surface area contributed by atoms with E-state index in [0.29, 0.717) is 18.0 Å². The highest BCUT2D eigenvalue weighted by atomic mass is 32.2. The van der Waals surface area contributed by atoms with Crippen molar-refractivity contribution in [3.8, 4) is 5.75 Å². The number of thioether (sulfide) groups is 1. The minimum absolute atomic E-state index is 0.0640. The summed E-state index contributed by atoms with van der Waals surface area (Å²) in [6.07, 6.45) is 2.65. The van der Waals surface area contributed by atoms with E-state index in [1.54, 1.807) is 43.3 Å². The maximum absolute atomic E-state index is 14.0. The quantitative estimate of drug-likeness (QED) is 0.252. The first-order chi connectivity index (χ1) is 19.6. The molecule has 0 aliphatic carbocycles. The molecule has 3 aromatic carbocycles. The summed E-state index contributed by atoms with van der Waals surface area (Å²) in [7, 11) is -4.14. The molecule has 220 valence electrons. The minimum Gasteiger partial charge on any atom is -0.494 e. The van der Waals surface area contributed by atoms with Crippen LogP contribution in [0.4, 0.5) is 5.69 Å². The van der Waals surface area contributed by atoms with E-state index in [-0.39, 0.29) is 23.4 Å². The first-order valence-corrected chi connectivity index (χ1v) is 16.3. The maximum Gasteiger partial charge on any atom is 0.264 e. The fourth-order valence-electron chi connectivity index (χ4n) is 4.11. The predicted octanol–water partition coefficient (Wildman–Crippen LogP) is 5.33. The number of ether oxygens (including phenoxy) is 1. The number of anilines is 1. The first-order valence-electron chi connectivity index (χ1n) is 13.6. The van der Waals surface area contributed by atoms with E-state index in [1.165, 1.54) is 28.8 Å². The van der Waals surface area contributed by atoms with Crippen molar-refractivity contribution < 1.29 is 22.7 Å². The molecule has 0 spiro atoms. The van der Waals surface area contributed by atoms with Gasteiger partial charge in [-0.3, -0.25) is 13.9 Å². The summed E-state index contributed by atoms with van der Waals surface area (Å²) in [5, 5.41) is 2.94. The number of benzene rings is 3. The molecule has 3 rings (SSSR count). The van der Waals surface area contributed by atoms with Crippen molar-refractivity contribution in [2.24, 2.45) is 0 Å². The average Bonchev–Trinajstić information content (AvgIpc) is 2.99. The lowest BCUT2D eigenvalue weighted by Gasteiger charge is -2.32. The average molecular weight is 598 g/mol. The molecule has 0 aliphatic heterocycles. The lowest BCUT2D eigenvalue weighted by atomic mass is 10.1. The third-order valence-electron chi connectivity index (χ3n) is 6.73. The predicted molar refractivity (Wildman–Crippen MR) is 165 cm³/mol. The Morgan fingerprint density at radius 1 is 0.927 bits per heavy atom. The largest absolute Gasteiger partial charge is 0.494 e. The number of carbonyl (C=O) groups is 2. The number of hydrogen-bond acceptors (Lipinski definition) is 6. The van der Waals surface area contributed by atoms with Gasteiger partial charge >= 0.3 is 0 Å². The molecular formula is C31H39N3O5S2. The van der Waals surface area contributed by atoms with Crippen molar-refractivity contribution in [1.82, 2.24) is 10.2 Å². The van der Waals surface area contributed by atoms with Crippen LogP contribution in [-0.4, -0.2) is 56.6 Å². The van der Waals surface area contributed by atoms with Gasteiger partial charge in [-0.2, -0.15) is 0 Å². The van der Waals surface area contributed by atoms with Gasteiger partial charge in [0.1, 0.15) is 18.3 Å². The molecule has 0 unspecified atom stereocenters. The van der Waals surface area contributed by atoms with Gasteiger partial charge in [-0.1, -0.05) is 37.3 Å². The fraction of sp³-hybridized carbons (Fsp3) is 0.355. The summed E-state index contributed by atoms with van der Waals surface area (Å²) in [6.45, 7) is 7.51. The number of amides is 2. The molecule has 0 bridgehead atoms. The highest BCUT2D eigenvalue weighted by Crippen LogP contribution is 2.28. The normalized spacial score (nSPS) is 12.7. The molecule has 0 saturated carbocycles. The number of sulfonamides is 1. The summed E-state index contributed by atoms with van der Waals surface area (Å²) in [5.41, 5.74) is 1.14. The molecule has 3 aromatic rings. The number of nitrogens with one attached hydrogen (secondary N) is 1. The second kappa shape index (κ2) is 14.9. The van der Waals surface area contributed by atoms with E-state index in [1.807, 2.05) is 57.4 Å². The van der Waals surface area contributed by atoms with Crippen LogP contribution in [0.5, 0.6) is 5.75 Å². The van der Waals surface area contributed by atoms with Crippen LogP contribution in [0.15, 0.2) is 88.7 Å². The Morgan fingerprint density at radius 3 is 2.12 bits per heavy atom. The van der Waals surface area contributed by atoms with E-state index < -0.39 is 28.5 Å². The van der Waals surface area contributed by atoms with Crippen LogP contribution in [0, 0.1) is 0 Å². The van der Waals surface area contributed by atoms with Gasteiger partial charge < -0.3 is 15.0 Å². The monoisotopic (exact) mass is 597 g/mol. The minimum atomic E-state index is -4.14. The topological polar surface area (TPSA) is 96.0 Å². The molecule has 10 heteroatoms. The molecular weight excluding hydrogens is 558 g/mol. The number of carbonyl (C=O) groups excluding carboxylic acids is 2. The summed E-state index contributed by atoms with van der Waals surface area (Å²) < 4.78 is 34.6. The van der Waals surface area contributed by atoms with E-state index in [2.05, 4.69) is 5.32 Å². The zero-order chi connectivity index (χ0) is 30.0. The van der Waals surface area contributed by atoms with Gasteiger partial charge in [0.15, 0.2) is 0 Å². The number of rotatable bonds is 14. The van der Waals surface area contributed by atoms with Crippen molar-refractivity contribution in [2.75, 3.05) is 23.7 Å². The van der Waals surface area contributed by atoms with Gasteiger partial charge in [-0.25, -0.2) is 8.42 Å². The molecule has 2 atom stereocenters. The van der Waals surface area contributed by atoms with Gasteiger partial charge in [-0.05, 0) is 87.5 Å². The smallest absolute Gasteiger partial charge is 0.264 e. The van der Waals surface area contributed by atoms with E-state index in [4.69, 9.17) is 4.74 Å².